The summed E-state index contributed by atoms with van der Waals surface area (Å²) >= 11 is 5.19. The third-order valence-electron chi connectivity index (χ3n) is 3.89. The molecular formula is C21H24N2O4S. The van der Waals surface area contributed by atoms with Crippen LogP contribution in [-0.4, -0.2) is 29.7 Å². The molecule has 2 rings (SSSR count). The molecule has 0 saturated carbocycles. The molecule has 2 N–H and O–H groups in total. The number of anilines is 1. The third-order valence-corrected chi connectivity index (χ3v) is 4.09. The van der Waals surface area contributed by atoms with Crippen molar-refractivity contribution in [2.45, 2.75) is 33.3 Å². The number of benzene rings is 2. The molecule has 0 heterocycles. The molecule has 0 aliphatic carbocycles. The van der Waals surface area contributed by atoms with Crippen LogP contribution in [-0.2, 0) is 4.74 Å². The van der Waals surface area contributed by atoms with Crippen LogP contribution in [0.15, 0.2) is 48.5 Å². The highest BCUT2D eigenvalue weighted by molar-refractivity contribution is 7.80. The molecule has 0 spiro atoms. The molecule has 0 radical (unpaired) electrons. The van der Waals surface area contributed by atoms with Crippen molar-refractivity contribution in [1.29, 1.82) is 0 Å². The van der Waals surface area contributed by atoms with E-state index < -0.39 is 0 Å². The number of carbonyl (C=O) groups is 2. The molecule has 0 aliphatic rings. The molecule has 2 aromatic carbocycles. The lowest BCUT2D eigenvalue weighted by atomic mass is 10.2. The Hall–Kier alpha value is -2.93. The van der Waals surface area contributed by atoms with Crippen molar-refractivity contribution in [2.24, 2.45) is 0 Å². The van der Waals surface area contributed by atoms with Gasteiger partial charge in [-0.15, -0.1) is 0 Å². The number of rotatable bonds is 7. The fourth-order valence-corrected chi connectivity index (χ4v) is 2.48. The Morgan fingerprint density at radius 3 is 2.43 bits per heavy atom. The summed E-state index contributed by atoms with van der Waals surface area (Å²) in [6.07, 6.45) is 0.943. The minimum atomic E-state index is -0.385. The van der Waals surface area contributed by atoms with Crippen molar-refractivity contribution in [3.63, 3.8) is 0 Å². The van der Waals surface area contributed by atoms with Crippen LogP contribution in [0.5, 0.6) is 5.75 Å². The zero-order chi connectivity index (χ0) is 20.5. The number of hydrogen-bond acceptors (Lipinski definition) is 5. The van der Waals surface area contributed by atoms with Gasteiger partial charge in [0, 0.05) is 11.3 Å². The first-order valence-corrected chi connectivity index (χ1v) is 9.50. The zero-order valence-electron chi connectivity index (χ0n) is 16.2. The second-order valence-electron chi connectivity index (χ2n) is 6.07. The molecule has 2 aromatic rings. The van der Waals surface area contributed by atoms with Crippen LogP contribution in [0.25, 0.3) is 0 Å². The minimum Gasteiger partial charge on any atom is -0.491 e. The number of nitrogens with one attached hydrogen (secondary N) is 2. The van der Waals surface area contributed by atoms with Crippen LogP contribution in [0.2, 0.25) is 0 Å². The SMILES string of the molecule is CCOC(=O)c1ccc(NC(=S)NC(=O)c2cccc(OC(C)CC)c2)cc1. The summed E-state index contributed by atoms with van der Waals surface area (Å²) in [6, 6.07) is 13.6. The Bertz CT molecular complexity index is 837. The van der Waals surface area contributed by atoms with Gasteiger partial charge in [-0.25, -0.2) is 4.79 Å². The molecule has 1 unspecified atom stereocenters. The van der Waals surface area contributed by atoms with E-state index in [1.165, 1.54) is 0 Å². The van der Waals surface area contributed by atoms with Gasteiger partial charge in [0.25, 0.3) is 5.91 Å². The summed E-state index contributed by atoms with van der Waals surface area (Å²) in [4.78, 5) is 24.1. The number of esters is 1. The van der Waals surface area contributed by atoms with Gasteiger partial charge < -0.3 is 14.8 Å². The second-order valence-corrected chi connectivity index (χ2v) is 6.48. The Kier molecular flexibility index (Phi) is 7.95. The van der Waals surface area contributed by atoms with Gasteiger partial charge in [-0.3, -0.25) is 10.1 Å². The molecule has 0 saturated heterocycles. The van der Waals surface area contributed by atoms with Crippen molar-refractivity contribution in [3.8, 4) is 5.75 Å². The van der Waals surface area contributed by atoms with Crippen molar-refractivity contribution < 1.29 is 19.1 Å². The molecule has 28 heavy (non-hydrogen) atoms. The van der Waals surface area contributed by atoms with Gasteiger partial charge in [0.1, 0.15) is 5.75 Å². The van der Waals surface area contributed by atoms with E-state index in [1.807, 2.05) is 19.9 Å². The average molecular weight is 401 g/mol. The number of thiocarbonyl (C=S) groups is 1. The first kappa shape index (κ1) is 21.4. The van der Waals surface area contributed by atoms with Crippen LogP contribution in [0.1, 0.15) is 47.9 Å². The van der Waals surface area contributed by atoms with Gasteiger partial charge in [-0.05, 0) is 75.0 Å². The predicted octanol–water partition coefficient (Wildman–Crippen LogP) is 4.17. The summed E-state index contributed by atoms with van der Waals surface area (Å²) in [5.41, 5.74) is 1.54. The molecule has 1 amide bonds. The molecule has 0 aliphatic heterocycles. The minimum absolute atomic E-state index is 0.0682. The summed E-state index contributed by atoms with van der Waals surface area (Å²) in [5, 5.41) is 5.70. The first-order valence-electron chi connectivity index (χ1n) is 9.09. The van der Waals surface area contributed by atoms with Crippen LogP contribution in [0.4, 0.5) is 5.69 Å². The molecule has 0 bridgehead atoms. The maximum atomic E-state index is 12.4. The van der Waals surface area contributed by atoms with Crippen LogP contribution in [0.3, 0.4) is 0 Å². The summed E-state index contributed by atoms with van der Waals surface area (Å²) in [5.74, 6) is -0.0879. The fraction of sp³-hybridized carbons (Fsp3) is 0.286. The fourth-order valence-electron chi connectivity index (χ4n) is 2.27. The maximum Gasteiger partial charge on any atom is 0.338 e. The quantitative estimate of drug-likeness (QED) is 0.537. The van der Waals surface area contributed by atoms with E-state index in [-0.39, 0.29) is 23.1 Å². The Balaban J connectivity index is 1.94. The van der Waals surface area contributed by atoms with Gasteiger partial charge in [0.2, 0.25) is 0 Å². The largest absolute Gasteiger partial charge is 0.491 e. The van der Waals surface area contributed by atoms with Crippen molar-refractivity contribution in [2.75, 3.05) is 11.9 Å². The highest BCUT2D eigenvalue weighted by Gasteiger charge is 2.11. The van der Waals surface area contributed by atoms with E-state index in [2.05, 4.69) is 10.6 Å². The molecular weight excluding hydrogens is 376 g/mol. The molecule has 0 aromatic heterocycles. The summed E-state index contributed by atoms with van der Waals surface area (Å²) in [6.45, 7) is 6.07. The standard InChI is InChI=1S/C21H24N2O4S/c1-4-14(3)27-18-8-6-7-16(13-18)19(24)23-21(28)22-17-11-9-15(10-12-17)20(25)26-5-2/h6-14H,4-5H2,1-3H3,(H2,22,23,24,28). The molecule has 0 fully saturated rings. The normalized spacial score (nSPS) is 11.2. The average Bonchev–Trinajstić information content (AvgIpc) is 2.68. The van der Waals surface area contributed by atoms with E-state index in [0.717, 1.165) is 6.42 Å². The van der Waals surface area contributed by atoms with Gasteiger partial charge in [0.15, 0.2) is 5.11 Å². The number of ether oxygens (including phenoxy) is 2. The Morgan fingerprint density at radius 2 is 1.79 bits per heavy atom. The van der Waals surface area contributed by atoms with Crippen LogP contribution < -0.4 is 15.4 Å². The van der Waals surface area contributed by atoms with E-state index in [0.29, 0.717) is 29.2 Å². The highest BCUT2D eigenvalue weighted by Crippen LogP contribution is 2.16. The molecule has 7 heteroatoms. The monoisotopic (exact) mass is 400 g/mol. The Labute approximate surface area is 170 Å². The number of hydrogen-bond donors (Lipinski definition) is 2. The van der Waals surface area contributed by atoms with E-state index in [1.54, 1.807) is 49.4 Å². The first-order chi connectivity index (χ1) is 13.4. The van der Waals surface area contributed by atoms with E-state index in [4.69, 9.17) is 21.7 Å². The molecule has 6 nitrogen and oxygen atoms in total. The number of amides is 1. The van der Waals surface area contributed by atoms with E-state index in [9.17, 15) is 9.59 Å². The third kappa shape index (κ3) is 6.35. The zero-order valence-corrected chi connectivity index (χ0v) is 17.0. The summed E-state index contributed by atoms with van der Waals surface area (Å²) in [7, 11) is 0. The van der Waals surface area contributed by atoms with Crippen molar-refractivity contribution in [1.82, 2.24) is 5.32 Å². The molecule has 148 valence electrons. The maximum absolute atomic E-state index is 12.4. The molecule has 1 atom stereocenters. The topological polar surface area (TPSA) is 76.7 Å². The lowest BCUT2D eigenvalue weighted by Gasteiger charge is -2.14. The second kappa shape index (κ2) is 10.4. The van der Waals surface area contributed by atoms with Gasteiger partial charge in [0.05, 0.1) is 18.3 Å². The van der Waals surface area contributed by atoms with E-state index >= 15 is 0 Å². The lowest BCUT2D eigenvalue weighted by Crippen LogP contribution is -2.34. The van der Waals surface area contributed by atoms with Gasteiger partial charge in [-0.1, -0.05) is 13.0 Å². The van der Waals surface area contributed by atoms with Gasteiger partial charge in [-0.2, -0.15) is 0 Å². The highest BCUT2D eigenvalue weighted by atomic mass is 32.1. The smallest absolute Gasteiger partial charge is 0.338 e. The van der Waals surface area contributed by atoms with Crippen molar-refractivity contribution >= 4 is 34.9 Å². The number of carbonyl (C=O) groups excluding carboxylic acids is 2. The van der Waals surface area contributed by atoms with Crippen LogP contribution >= 0.6 is 12.2 Å². The predicted molar refractivity (Wildman–Crippen MR) is 113 cm³/mol. The van der Waals surface area contributed by atoms with Gasteiger partial charge >= 0.3 is 5.97 Å². The summed E-state index contributed by atoms with van der Waals surface area (Å²) < 4.78 is 10.7. The van der Waals surface area contributed by atoms with Crippen molar-refractivity contribution in [3.05, 3.63) is 59.7 Å². The van der Waals surface area contributed by atoms with Crippen LogP contribution in [0, 0.1) is 0 Å². The Morgan fingerprint density at radius 1 is 1.07 bits per heavy atom. The lowest BCUT2D eigenvalue weighted by molar-refractivity contribution is 0.0526.